The van der Waals surface area contributed by atoms with E-state index in [2.05, 4.69) is 9.97 Å². The van der Waals surface area contributed by atoms with Gasteiger partial charge in [-0.1, -0.05) is 12.1 Å². The number of amides is 1. The molecule has 116 valence electrons. The number of methoxy groups -OCH3 is 1. The third kappa shape index (κ3) is 3.29. The minimum absolute atomic E-state index is 0.119. The molecule has 0 aliphatic carbocycles. The van der Waals surface area contributed by atoms with Crippen LogP contribution in [0.15, 0.2) is 54.9 Å². The minimum atomic E-state index is -0.119. The largest absolute Gasteiger partial charge is 0.497 e. The molecule has 0 atom stereocenters. The SMILES string of the molecule is COc1ccc2nc(C(=O)N(C)Cc3cccnc3)ccc2c1. The summed E-state index contributed by atoms with van der Waals surface area (Å²) in [6.45, 7) is 0.495. The number of pyridine rings is 2. The van der Waals surface area contributed by atoms with Crippen molar-refractivity contribution in [2.75, 3.05) is 14.2 Å². The Hall–Kier alpha value is -2.95. The van der Waals surface area contributed by atoms with Gasteiger partial charge in [0.1, 0.15) is 11.4 Å². The lowest BCUT2D eigenvalue weighted by molar-refractivity contribution is 0.0779. The smallest absolute Gasteiger partial charge is 0.272 e. The van der Waals surface area contributed by atoms with Gasteiger partial charge >= 0.3 is 0 Å². The van der Waals surface area contributed by atoms with Gasteiger partial charge in [-0.2, -0.15) is 0 Å². The van der Waals surface area contributed by atoms with Crippen molar-refractivity contribution in [1.82, 2.24) is 14.9 Å². The number of rotatable bonds is 4. The molecule has 0 saturated heterocycles. The molecular weight excluding hydrogens is 290 g/mol. The van der Waals surface area contributed by atoms with Crippen molar-refractivity contribution in [3.05, 3.63) is 66.1 Å². The molecule has 1 aromatic carbocycles. The number of carbonyl (C=O) groups is 1. The Bertz CT molecular complexity index is 834. The van der Waals surface area contributed by atoms with Crippen LogP contribution in [0.1, 0.15) is 16.1 Å². The zero-order chi connectivity index (χ0) is 16.2. The Balaban J connectivity index is 1.82. The lowest BCUT2D eigenvalue weighted by atomic mass is 10.2. The van der Waals surface area contributed by atoms with Crippen molar-refractivity contribution in [2.24, 2.45) is 0 Å². The monoisotopic (exact) mass is 307 g/mol. The molecule has 0 bridgehead atoms. The van der Waals surface area contributed by atoms with Crippen molar-refractivity contribution in [3.63, 3.8) is 0 Å². The van der Waals surface area contributed by atoms with E-state index in [1.807, 2.05) is 36.4 Å². The molecule has 0 radical (unpaired) electrons. The van der Waals surface area contributed by atoms with Crippen molar-refractivity contribution in [3.8, 4) is 5.75 Å². The van der Waals surface area contributed by atoms with E-state index in [1.165, 1.54) is 0 Å². The summed E-state index contributed by atoms with van der Waals surface area (Å²) < 4.78 is 5.20. The molecule has 0 aliphatic heterocycles. The fourth-order valence-electron chi connectivity index (χ4n) is 2.38. The lowest BCUT2D eigenvalue weighted by Crippen LogP contribution is -2.27. The van der Waals surface area contributed by atoms with Crippen LogP contribution >= 0.6 is 0 Å². The Morgan fingerprint density at radius 3 is 2.83 bits per heavy atom. The number of carbonyl (C=O) groups excluding carboxylic acids is 1. The molecule has 0 saturated carbocycles. The van der Waals surface area contributed by atoms with Crippen molar-refractivity contribution >= 4 is 16.8 Å². The maximum atomic E-state index is 12.5. The first-order valence-electron chi connectivity index (χ1n) is 7.26. The average Bonchev–Trinajstić information content (AvgIpc) is 2.61. The molecule has 3 aromatic rings. The topological polar surface area (TPSA) is 55.3 Å². The van der Waals surface area contributed by atoms with E-state index in [0.29, 0.717) is 12.2 Å². The highest BCUT2D eigenvalue weighted by atomic mass is 16.5. The lowest BCUT2D eigenvalue weighted by Gasteiger charge is -2.16. The van der Waals surface area contributed by atoms with Crippen LogP contribution in [-0.4, -0.2) is 34.9 Å². The Morgan fingerprint density at radius 2 is 2.09 bits per heavy atom. The summed E-state index contributed by atoms with van der Waals surface area (Å²) in [5.41, 5.74) is 2.18. The Kier molecular flexibility index (Phi) is 4.19. The number of benzene rings is 1. The molecule has 3 rings (SSSR count). The predicted octanol–water partition coefficient (Wildman–Crippen LogP) is 2.91. The number of hydrogen-bond acceptors (Lipinski definition) is 4. The van der Waals surface area contributed by atoms with Crippen LogP contribution in [-0.2, 0) is 6.54 Å². The molecular formula is C18H17N3O2. The van der Waals surface area contributed by atoms with Gasteiger partial charge in [0, 0.05) is 31.4 Å². The van der Waals surface area contributed by atoms with Gasteiger partial charge in [0.2, 0.25) is 0 Å². The first-order valence-corrected chi connectivity index (χ1v) is 7.26. The molecule has 1 amide bonds. The van der Waals surface area contributed by atoms with Crippen molar-refractivity contribution in [2.45, 2.75) is 6.54 Å². The van der Waals surface area contributed by atoms with Crippen LogP contribution in [0.3, 0.4) is 0 Å². The molecule has 5 heteroatoms. The van der Waals surface area contributed by atoms with Gasteiger partial charge in [-0.15, -0.1) is 0 Å². The maximum absolute atomic E-state index is 12.5. The van der Waals surface area contributed by atoms with Crippen LogP contribution in [0.25, 0.3) is 10.9 Å². The van der Waals surface area contributed by atoms with Crippen LogP contribution in [0.4, 0.5) is 0 Å². The summed E-state index contributed by atoms with van der Waals surface area (Å²) in [5.74, 6) is 0.652. The second-order valence-electron chi connectivity index (χ2n) is 5.28. The highest BCUT2D eigenvalue weighted by Gasteiger charge is 2.14. The molecule has 2 heterocycles. The van der Waals surface area contributed by atoms with E-state index in [0.717, 1.165) is 22.2 Å². The third-order valence-electron chi connectivity index (χ3n) is 3.60. The first-order chi connectivity index (χ1) is 11.2. The minimum Gasteiger partial charge on any atom is -0.497 e. The van der Waals surface area contributed by atoms with E-state index >= 15 is 0 Å². The second-order valence-corrected chi connectivity index (χ2v) is 5.28. The normalized spacial score (nSPS) is 10.5. The quantitative estimate of drug-likeness (QED) is 0.743. The number of aromatic nitrogens is 2. The molecule has 0 N–H and O–H groups in total. The third-order valence-corrected chi connectivity index (χ3v) is 3.60. The average molecular weight is 307 g/mol. The first kappa shape index (κ1) is 15.0. The Labute approximate surface area is 134 Å². The van der Waals surface area contributed by atoms with Crippen molar-refractivity contribution < 1.29 is 9.53 Å². The van der Waals surface area contributed by atoms with Crippen molar-refractivity contribution in [1.29, 1.82) is 0 Å². The molecule has 0 spiro atoms. The van der Waals surface area contributed by atoms with Gasteiger partial charge < -0.3 is 9.64 Å². The summed E-state index contributed by atoms with van der Waals surface area (Å²) in [4.78, 5) is 22.7. The standard InChI is InChI=1S/C18H17N3O2/c1-21(12-13-4-3-9-19-11-13)18(22)17-7-5-14-10-15(23-2)6-8-16(14)20-17/h3-11H,12H2,1-2H3. The fraction of sp³-hybridized carbons (Fsp3) is 0.167. The highest BCUT2D eigenvalue weighted by molar-refractivity contribution is 5.94. The zero-order valence-electron chi connectivity index (χ0n) is 13.1. The molecule has 5 nitrogen and oxygen atoms in total. The van der Waals surface area contributed by atoms with Gasteiger partial charge in [-0.25, -0.2) is 4.98 Å². The van der Waals surface area contributed by atoms with Gasteiger partial charge in [-0.05, 0) is 35.9 Å². The van der Waals surface area contributed by atoms with Crippen LogP contribution < -0.4 is 4.74 Å². The van der Waals surface area contributed by atoms with E-state index in [1.54, 1.807) is 37.5 Å². The van der Waals surface area contributed by atoms with E-state index < -0.39 is 0 Å². The van der Waals surface area contributed by atoms with Gasteiger partial charge in [0.15, 0.2) is 0 Å². The number of fused-ring (bicyclic) bond motifs is 1. The summed E-state index contributed by atoms with van der Waals surface area (Å²) in [7, 11) is 3.38. The number of hydrogen-bond donors (Lipinski definition) is 0. The fourth-order valence-corrected chi connectivity index (χ4v) is 2.38. The highest BCUT2D eigenvalue weighted by Crippen LogP contribution is 2.20. The van der Waals surface area contributed by atoms with Crippen LogP contribution in [0.5, 0.6) is 5.75 Å². The molecule has 2 aromatic heterocycles. The summed E-state index contributed by atoms with van der Waals surface area (Å²) in [6, 6.07) is 13.0. The summed E-state index contributed by atoms with van der Waals surface area (Å²) in [6.07, 6.45) is 3.47. The second kappa shape index (κ2) is 6.44. The van der Waals surface area contributed by atoms with E-state index in [4.69, 9.17) is 4.74 Å². The van der Waals surface area contributed by atoms with E-state index in [9.17, 15) is 4.79 Å². The number of nitrogens with zero attached hydrogens (tertiary/aromatic N) is 3. The van der Waals surface area contributed by atoms with E-state index in [-0.39, 0.29) is 5.91 Å². The zero-order valence-corrected chi connectivity index (χ0v) is 13.1. The van der Waals surface area contributed by atoms with Gasteiger partial charge in [0.25, 0.3) is 5.91 Å². The number of ether oxygens (including phenoxy) is 1. The summed E-state index contributed by atoms with van der Waals surface area (Å²) >= 11 is 0. The molecule has 0 aliphatic rings. The summed E-state index contributed by atoms with van der Waals surface area (Å²) in [5, 5.41) is 0.941. The molecule has 0 unspecified atom stereocenters. The van der Waals surface area contributed by atoms with Crippen LogP contribution in [0.2, 0.25) is 0 Å². The molecule has 23 heavy (non-hydrogen) atoms. The molecule has 0 fully saturated rings. The Morgan fingerprint density at radius 1 is 1.22 bits per heavy atom. The predicted molar refractivity (Wildman–Crippen MR) is 88.3 cm³/mol. The van der Waals surface area contributed by atoms with Crippen LogP contribution in [0, 0.1) is 0 Å². The van der Waals surface area contributed by atoms with Gasteiger partial charge in [-0.3, -0.25) is 9.78 Å². The van der Waals surface area contributed by atoms with Gasteiger partial charge in [0.05, 0.1) is 12.6 Å². The maximum Gasteiger partial charge on any atom is 0.272 e.